The SMILES string of the molecule is O=C(/C=C/c1cn(S(=O)(=O)c2cccc(C(F)(F)F)c2)c2ccccc12)NCCCO. The van der Waals surface area contributed by atoms with Crippen LogP contribution in [0.4, 0.5) is 13.2 Å². The molecule has 0 bridgehead atoms. The second kappa shape index (κ2) is 8.94. The van der Waals surface area contributed by atoms with Gasteiger partial charge in [-0.2, -0.15) is 13.2 Å². The molecule has 3 aromatic rings. The number of para-hydroxylation sites is 1. The molecular weight excluding hydrogens is 433 g/mol. The van der Waals surface area contributed by atoms with E-state index in [9.17, 15) is 26.4 Å². The Bertz CT molecular complexity index is 1230. The monoisotopic (exact) mass is 452 g/mol. The van der Waals surface area contributed by atoms with E-state index >= 15 is 0 Å². The van der Waals surface area contributed by atoms with Gasteiger partial charge in [0, 0.05) is 36.4 Å². The van der Waals surface area contributed by atoms with E-state index in [-0.39, 0.29) is 18.7 Å². The Morgan fingerprint density at radius 3 is 2.58 bits per heavy atom. The summed E-state index contributed by atoms with van der Waals surface area (Å²) in [4.78, 5) is 11.4. The van der Waals surface area contributed by atoms with Crippen LogP contribution in [0.5, 0.6) is 0 Å². The molecule has 0 aliphatic rings. The van der Waals surface area contributed by atoms with Crippen LogP contribution in [-0.4, -0.2) is 36.6 Å². The van der Waals surface area contributed by atoms with Crippen LogP contribution in [0.2, 0.25) is 0 Å². The number of halogens is 3. The van der Waals surface area contributed by atoms with E-state index in [1.807, 2.05) is 0 Å². The molecule has 1 heterocycles. The number of rotatable bonds is 7. The highest BCUT2D eigenvalue weighted by molar-refractivity contribution is 7.90. The maximum Gasteiger partial charge on any atom is 0.416 e. The molecule has 0 atom stereocenters. The number of amides is 1. The number of nitrogens with one attached hydrogen (secondary N) is 1. The van der Waals surface area contributed by atoms with E-state index < -0.39 is 32.6 Å². The first kappa shape index (κ1) is 22.6. The summed E-state index contributed by atoms with van der Waals surface area (Å²) >= 11 is 0. The summed E-state index contributed by atoms with van der Waals surface area (Å²) in [5.74, 6) is -0.425. The molecule has 0 unspecified atom stereocenters. The molecule has 0 aliphatic heterocycles. The lowest BCUT2D eigenvalue weighted by atomic mass is 10.1. The maximum atomic E-state index is 13.1. The minimum atomic E-state index is -4.68. The lowest BCUT2D eigenvalue weighted by molar-refractivity contribution is -0.137. The minimum absolute atomic E-state index is 0.0646. The van der Waals surface area contributed by atoms with E-state index in [1.54, 1.807) is 18.2 Å². The van der Waals surface area contributed by atoms with Gasteiger partial charge in [0.1, 0.15) is 0 Å². The number of aliphatic hydroxyl groups is 1. The fourth-order valence-corrected chi connectivity index (χ4v) is 4.39. The number of carbonyl (C=O) groups is 1. The van der Waals surface area contributed by atoms with Gasteiger partial charge in [-0.1, -0.05) is 24.3 Å². The molecule has 31 heavy (non-hydrogen) atoms. The van der Waals surface area contributed by atoms with Crippen LogP contribution in [0, 0.1) is 0 Å². The summed E-state index contributed by atoms with van der Waals surface area (Å²) in [7, 11) is -4.33. The molecule has 10 heteroatoms. The van der Waals surface area contributed by atoms with Crippen LogP contribution in [0.25, 0.3) is 17.0 Å². The van der Waals surface area contributed by atoms with Gasteiger partial charge in [-0.15, -0.1) is 0 Å². The van der Waals surface area contributed by atoms with Gasteiger partial charge in [-0.25, -0.2) is 12.4 Å². The maximum absolute atomic E-state index is 13.1. The third-order valence-corrected chi connectivity index (χ3v) is 6.15. The molecule has 0 aliphatic carbocycles. The summed E-state index contributed by atoms with van der Waals surface area (Å²) in [5, 5.41) is 11.8. The summed E-state index contributed by atoms with van der Waals surface area (Å²) in [6.07, 6.45) is -0.372. The van der Waals surface area contributed by atoms with Gasteiger partial charge in [0.05, 0.1) is 16.0 Å². The smallest absolute Gasteiger partial charge is 0.396 e. The first-order valence-electron chi connectivity index (χ1n) is 9.24. The third-order valence-electron chi connectivity index (χ3n) is 4.48. The van der Waals surface area contributed by atoms with Crippen LogP contribution < -0.4 is 5.32 Å². The van der Waals surface area contributed by atoms with Crippen LogP contribution >= 0.6 is 0 Å². The molecule has 0 radical (unpaired) electrons. The van der Waals surface area contributed by atoms with Crippen molar-refractivity contribution in [2.75, 3.05) is 13.2 Å². The number of benzene rings is 2. The number of alkyl halides is 3. The van der Waals surface area contributed by atoms with E-state index in [2.05, 4.69) is 5.32 Å². The molecule has 1 aromatic heterocycles. The summed E-state index contributed by atoms with van der Waals surface area (Å²) in [6.45, 7) is 0.218. The zero-order chi connectivity index (χ0) is 22.6. The lowest BCUT2D eigenvalue weighted by Crippen LogP contribution is -2.22. The molecule has 0 fully saturated rings. The Morgan fingerprint density at radius 1 is 1.13 bits per heavy atom. The van der Waals surface area contributed by atoms with E-state index in [0.717, 1.165) is 22.2 Å². The third kappa shape index (κ3) is 4.97. The molecule has 164 valence electrons. The van der Waals surface area contributed by atoms with Gasteiger partial charge >= 0.3 is 6.18 Å². The average molecular weight is 452 g/mol. The molecule has 2 aromatic carbocycles. The number of carbonyl (C=O) groups excluding carboxylic acids is 1. The van der Waals surface area contributed by atoms with Crippen molar-refractivity contribution in [1.82, 2.24) is 9.29 Å². The number of hydrogen-bond donors (Lipinski definition) is 2. The molecule has 0 saturated heterocycles. The molecule has 6 nitrogen and oxygen atoms in total. The van der Waals surface area contributed by atoms with E-state index in [0.29, 0.717) is 23.4 Å². The number of aromatic nitrogens is 1. The highest BCUT2D eigenvalue weighted by Crippen LogP contribution is 2.32. The Balaban J connectivity index is 2.03. The lowest BCUT2D eigenvalue weighted by Gasteiger charge is -2.11. The number of fused-ring (bicyclic) bond motifs is 1. The minimum Gasteiger partial charge on any atom is -0.396 e. The summed E-state index contributed by atoms with van der Waals surface area (Å²) in [5.41, 5.74) is -0.395. The van der Waals surface area contributed by atoms with Gasteiger partial charge in [0.2, 0.25) is 5.91 Å². The van der Waals surface area contributed by atoms with Crippen molar-refractivity contribution in [3.8, 4) is 0 Å². The van der Waals surface area contributed by atoms with Crippen LogP contribution in [-0.2, 0) is 21.0 Å². The standard InChI is InChI=1S/C21H19F3N2O4S/c22-21(23,24)16-5-3-6-17(13-16)31(29,30)26-14-15(18-7-1-2-8-19(18)26)9-10-20(28)25-11-4-12-27/h1-3,5-10,13-14,27H,4,11-12H2,(H,25,28)/b10-9+. The predicted octanol–water partition coefficient (Wildman–Crippen LogP) is 3.41. The summed E-state index contributed by atoms with van der Waals surface area (Å²) < 4.78 is 66.3. The molecular formula is C21H19F3N2O4S. The highest BCUT2D eigenvalue weighted by Gasteiger charge is 2.32. The highest BCUT2D eigenvalue weighted by atomic mass is 32.2. The fourth-order valence-electron chi connectivity index (χ4n) is 2.97. The first-order chi connectivity index (χ1) is 14.6. The molecule has 0 saturated carbocycles. The van der Waals surface area contributed by atoms with Gasteiger partial charge in [0.25, 0.3) is 10.0 Å². The van der Waals surface area contributed by atoms with Crippen molar-refractivity contribution < 1.29 is 31.5 Å². The van der Waals surface area contributed by atoms with Crippen molar-refractivity contribution in [1.29, 1.82) is 0 Å². The molecule has 1 amide bonds. The fraction of sp³-hybridized carbons (Fsp3) is 0.190. The average Bonchev–Trinajstić information content (AvgIpc) is 3.11. The Morgan fingerprint density at radius 2 is 1.87 bits per heavy atom. The van der Waals surface area contributed by atoms with Gasteiger partial charge < -0.3 is 10.4 Å². The van der Waals surface area contributed by atoms with Crippen LogP contribution in [0.15, 0.2) is 65.7 Å². The zero-order valence-electron chi connectivity index (χ0n) is 16.1. The number of aliphatic hydroxyl groups excluding tert-OH is 1. The quantitative estimate of drug-likeness (QED) is 0.425. The van der Waals surface area contributed by atoms with Crippen molar-refractivity contribution in [2.24, 2.45) is 0 Å². The Hall–Kier alpha value is -3.11. The Kier molecular flexibility index (Phi) is 6.51. The summed E-state index contributed by atoms with van der Waals surface area (Å²) in [6, 6.07) is 10.0. The van der Waals surface area contributed by atoms with Gasteiger partial charge in [-0.3, -0.25) is 4.79 Å². The van der Waals surface area contributed by atoms with Crippen LogP contribution in [0.3, 0.4) is 0 Å². The van der Waals surface area contributed by atoms with E-state index in [1.165, 1.54) is 24.4 Å². The molecule has 3 rings (SSSR count). The number of hydrogen-bond acceptors (Lipinski definition) is 4. The normalized spacial score (nSPS) is 12.5. The van der Waals surface area contributed by atoms with Gasteiger partial charge in [-0.05, 0) is 36.8 Å². The van der Waals surface area contributed by atoms with Crippen molar-refractivity contribution >= 4 is 32.9 Å². The first-order valence-corrected chi connectivity index (χ1v) is 10.7. The Labute approximate surface area is 176 Å². The molecule has 0 spiro atoms. The largest absolute Gasteiger partial charge is 0.416 e. The van der Waals surface area contributed by atoms with Crippen molar-refractivity contribution in [2.45, 2.75) is 17.5 Å². The molecule has 2 N–H and O–H groups in total. The van der Waals surface area contributed by atoms with Crippen LogP contribution in [0.1, 0.15) is 17.5 Å². The second-order valence-corrected chi connectivity index (χ2v) is 8.44. The predicted molar refractivity (Wildman–Crippen MR) is 110 cm³/mol. The van der Waals surface area contributed by atoms with E-state index in [4.69, 9.17) is 5.11 Å². The zero-order valence-corrected chi connectivity index (χ0v) is 16.9. The van der Waals surface area contributed by atoms with Gasteiger partial charge in [0.15, 0.2) is 0 Å². The topological polar surface area (TPSA) is 88.4 Å². The van der Waals surface area contributed by atoms with Crippen molar-refractivity contribution in [3.05, 3.63) is 71.9 Å². The van der Waals surface area contributed by atoms with Crippen molar-refractivity contribution in [3.63, 3.8) is 0 Å². The number of nitrogens with zero attached hydrogens (tertiary/aromatic N) is 1. The second-order valence-electron chi connectivity index (χ2n) is 6.63.